The molecule has 0 unspecified atom stereocenters. The lowest BCUT2D eigenvalue weighted by molar-refractivity contribution is 0.413. The second kappa shape index (κ2) is 7.96. The van der Waals surface area contributed by atoms with Crippen LogP contribution in [0.4, 0.5) is 0 Å². The summed E-state index contributed by atoms with van der Waals surface area (Å²) in [6.07, 6.45) is 0. The minimum atomic E-state index is 0.574. The van der Waals surface area contributed by atoms with E-state index in [4.69, 9.17) is 10.00 Å². The van der Waals surface area contributed by atoms with Crippen molar-refractivity contribution in [2.75, 3.05) is 7.11 Å². The molecule has 24 heavy (non-hydrogen) atoms. The number of rotatable bonds is 1. The van der Waals surface area contributed by atoms with Gasteiger partial charge in [-0.3, -0.25) is 0 Å². The van der Waals surface area contributed by atoms with Crippen molar-refractivity contribution in [3.63, 3.8) is 0 Å². The highest BCUT2D eigenvalue weighted by atomic mass is 32.2. The number of hydrogen-bond donors (Lipinski definition) is 0. The number of methoxy groups -OCH3 is 1. The van der Waals surface area contributed by atoms with Crippen LogP contribution >= 0.6 is 23.5 Å². The maximum absolute atomic E-state index is 8.52. The third-order valence-electron chi connectivity index (χ3n) is 3.37. The summed E-state index contributed by atoms with van der Waals surface area (Å²) in [5, 5.41) is 8.52. The summed E-state index contributed by atoms with van der Waals surface area (Å²) in [6, 6.07) is 26.3. The molecule has 0 saturated carbocycles. The first kappa shape index (κ1) is 16.5. The zero-order valence-corrected chi connectivity index (χ0v) is 14.7. The van der Waals surface area contributed by atoms with E-state index in [-0.39, 0.29) is 0 Å². The van der Waals surface area contributed by atoms with Gasteiger partial charge in [0.1, 0.15) is 11.8 Å². The minimum Gasteiger partial charge on any atom is -0.495 e. The summed E-state index contributed by atoms with van der Waals surface area (Å²) in [5.74, 6) is 0.630. The molecule has 2 nitrogen and oxygen atoms in total. The van der Waals surface area contributed by atoms with Gasteiger partial charge in [0.15, 0.2) is 0 Å². The Labute approximate surface area is 150 Å². The zero-order chi connectivity index (χ0) is 16.8. The SMILES string of the molecule is COc1ccccc1C#N.c1ccc2c(c1)Sc1ccccc1S2. The van der Waals surface area contributed by atoms with Gasteiger partial charge in [0.05, 0.1) is 12.7 Å². The van der Waals surface area contributed by atoms with Crippen LogP contribution in [0.3, 0.4) is 0 Å². The van der Waals surface area contributed by atoms with Crippen molar-refractivity contribution in [2.24, 2.45) is 0 Å². The van der Waals surface area contributed by atoms with Crippen molar-refractivity contribution in [3.8, 4) is 11.8 Å². The number of ether oxygens (including phenoxy) is 1. The Hall–Kier alpha value is -2.35. The molecule has 3 aromatic rings. The maximum atomic E-state index is 8.52. The van der Waals surface area contributed by atoms with E-state index in [0.29, 0.717) is 11.3 Å². The Balaban J connectivity index is 0.000000150. The van der Waals surface area contributed by atoms with Crippen LogP contribution in [-0.2, 0) is 0 Å². The molecular weight excluding hydrogens is 334 g/mol. The lowest BCUT2D eigenvalue weighted by Gasteiger charge is -2.17. The van der Waals surface area contributed by atoms with Crippen LogP contribution in [0.5, 0.6) is 5.75 Å². The van der Waals surface area contributed by atoms with Crippen LogP contribution in [0.25, 0.3) is 0 Å². The maximum Gasteiger partial charge on any atom is 0.136 e. The van der Waals surface area contributed by atoms with E-state index in [1.54, 1.807) is 25.3 Å². The molecule has 0 radical (unpaired) electrons. The normalized spacial score (nSPS) is 11.2. The van der Waals surface area contributed by atoms with E-state index < -0.39 is 0 Å². The third kappa shape index (κ3) is 3.76. The van der Waals surface area contributed by atoms with Crippen molar-refractivity contribution >= 4 is 23.5 Å². The quantitative estimate of drug-likeness (QED) is 0.430. The fourth-order valence-corrected chi connectivity index (χ4v) is 4.45. The van der Waals surface area contributed by atoms with Crippen molar-refractivity contribution in [1.29, 1.82) is 5.26 Å². The molecule has 1 heterocycles. The first-order chi connectivity index (χ1) is 11.8. The average Bonchev–Trinajstić information content (AvgIpc) is 2.66. The Morgan fingerprint density at radius 3 is 1.50 bits per heavy atom. The smallest absolute Gasteiger partial charge is 0.136 e. The van der Waals surface area contributed by atoms with Gasteiger partial charge in [0, 0.05) is 19.6 Å². The van der Waals surface area contributed by atoms with E-state index >= 15 is 0 Å². The molecule has 3 aromatic carbocycles. The standard InChI is InChI=1S/C12H8S2.C8H7NO/c1-2-6-10-9(5-1)13-11-7-3-4-8-12(11)14-10;1-10-8-5-3-2-4-7(8)6-9/h1-8H;2-5H,1H3. The molecule has 0 amide bonds. The molecule has 0 fully saturated rings. The van der Waals surface area contributed by atoms with Gasteiger partial charge in [0.25, 0.3) is 0 Å². The zero-order valence-electron chi connectivity index (χ0n) is 13.1. The van der Waals surface area contributed by atoms with Crippen LogP contribution in [0.1, 0.15) is 5.56 Å². The van der Waals surface area contributed by atoms with Gasteiger partial charge >= 0.3 is 0 Å². The molecule has 118 valence electrons. The number of para-hydroxylation sites is 1. The Morgan fingerprint density at radius 2 is 1.12 bits per heavy atom. The van der Waals surface area contributed by atoms with Crippen molar-refractivity contribution in [3.05, 3.63) is 78.4 Å². The Kier molecular flexibility index (Phi) is 5.47. The first-order valence-corrected chi connectivity index (χ1v) is 9.02. The largest absolute Gasteiger partial charge is 0.495 e. The molecule has 0 N–H and O–H groups in total. The second-order valence-corrected chi connectivity index (χ2v) is 7.08. The molecule has 0 aliphatic carbocycles. The summed E-state index contributed by atoms with van der Waals surface area (Å²) < 4.78 is 4.91. The van der Waals surface area contributed by atoms with E-state index in [2.05, 4.69) is 48.5 Å². The van der Waals surface area contributed by atoms with Gasteiger partial charge < -0.3 is 4.74 Å². The average molecular weight is 349 g/mol. The summed E-state index contributed by atoms with van der Waals surface area (Å²) in [5.41, 5.74) is 0.574. The fourth-order valence-electron chi connectivity index (χ4n) is 2.21. The van der Waals surface area contributed by atoms with Gasteiger partial charge in [-0.1, -0.05) is 59.9 Å². The van der Waals surface area contributed by atoms with Crippen molar-refractivity contribution in [1.82, 2.24) is 0 Å². The summed E-state index contributed by atoms with van der Waals surface area (Å²) in [7, 11) is 1.55. The molecular formula is C20H15NOS2. The predicted octanol–water partition coefficient (Wildman–Crippen LogP) is 5.87. The summed E-state index contributed by atoms with van der Waals surface area (Å²) in [6.45, 7) is 0. The van der Waals surface area contributed by atoms with E-state index in [0.717, 1.165) is 0 Å². The lowest BCUT2D eigenvalue weighted by Crippen LogP contribution is -1.87. The van der Waals surface area contributed by atoms with Crippen LogP contribution in [0, 0.1) is 11.3 Å². The van der Waals surface area contributed by atoms with Crippen LogP contribution in [-0.4, -0.2) is 7.11 Å². The molecule has 1 aliphatic heterocycles. The monoisotopic (exact) mass is 349 g/mol. The number of nitrogens with zero attached hydrogens (tertiary/aromatic N) is 1. The predicted molar refractivity (Wildman–Crippen MR) is 98.8 cm³/mol. The number of benzene rings is 3. The summed E-state index contributed by atoms with van der Waals surface area (Å²) >= 11 is 3.72. The number of fused-ring (bicyclic) bond motifs is 2. The molecule has 0 aromatic heterocycles. The van der Waals surface area contributed by atoms with Crippen molar-refractivity contribution < 1.29 is 4.74 Å². The van der Waals surface area contributed by atoms with Crippen LogP contribution in [0.2, 0.25) is 0 Å². The Morgan fingerprint density at radius 1 is 0.708 bits per heavy atom. The molecule has 0 saturated heterocycles. The molecule has 0 bridgehead atoms. The van der Waals surface area contributed by atoms with Gasteiger partial charge in [-0.15, -0.1) is 0 Å². The molecule has 0 spiro atoms. The molecule has 4 heteroatoms. The summed E-state index contributed by atoms with van der Waals surface area (Å²) in [4.78, 5) is 5.49. The van der Waals surface area contributed by atoms with Gasteiger partial charge in [-0.25, -0.2) is 0 Å². The fraction of sp³-hybridized carbons (Fsp3) is 0.0500. The molecule has 4 rings (SSSR count). The van der Waals surface area contributed by atoms with Gasteiger partial charge in [-0.05, 0) is 36.4 Å². The first-order valence-electron chi connectivity index (χ1n) is 7.38. The van der Waals surface area contributed by atoms with Crippen molar-refractivity contribution in [2.45, 2.75) is 19.6 Å². The minimum absolute atomic E-state index is 0.574. The molecule has 1 aliphatic rings. The third-order valence-corrected chi connectivity index (χ3v) is 5.93. The lowest BCUT2D eigenvalue weighted by atomic mass is 10.2. The highest BCUT2D eigenvalue weighted by Crippen LogP contribution is 2.47. The van der Waals surface area contributed by atoms with Crippen LogP contribution < -0.4 is 4.74 Å². The Bertz CT molecular complexity index is 799. The van der Waals surface area contributed by atoms with Crippen LogP contribution in [0.15, 0.2) is 92.4 Å². The highest BCUT2D eigenvalue weighted by Gasteiger charge is 2.14. The van der Waals surface area contributed by atoms with E-state index in [1.807, 2.05) is 35.7 Å². The van der Waals surface area contributed by atoms with E-state index in [1.165, 1.54) is 19.6 Å². The van der Waals surface area contributed by atoms with E-state index in [9.17, 15) is 0 Å². The van der Waals surface area contributed by atoms with Gasteiger partial charge in [-0.2, -0.15) is 5.26 Å². The number of nitriles is 1. The van der Waals surface area contributed by atoms with Gasteiger partial charge in [0.2, 0.25) is 0 Å². The topological polar surface area (TPSA) is 33.0 Å². The second-order valence-electron chi connectivity index (χ2n) is 4.91. The highest BCUT2D eigenvalue weighted by molar-refractivity contribution is 8.05. The number of hydrogen-bond acceptors (Lipinski definition) is 4. The molecule has 0 atom stereocenters.